The second-order valence-electron chi connectivity index (χ2n) is 7.23. The minimum Gasteiger partial charge on any atom is -0.354 e. The molecule has 0 aliphatic carbocycles. The highest BCUT2D eigenvalue weighted by molar-refractivity contribution is 8.04. The molecular formula is C21H25N7S. The van der Waals surface area contributed by atoms with Gasteiger partial charge >= 0.3 is 0 Å². The smallest absolute Gasteiger partial charge is 0.223 e. The van der Waals surface area contributed by atoms with Crippen LogP contribution >= 0.6 is 11.8 Å². The van der Waals surface area contributed by atoms with Crippen LogP contribution in [-0.2, 0) is 0 Å². The van der Waals surface area contributed by atoms with E-state index in [9.17, 15) is 5.26 Å². The summed E-state index contributed by atoms with van der Waals surface area (Å²) in [5.74, 6) is 0.565. The number of para-hydroxylation sites is 1. The molecule has 2 N–H and O–H groups in total. The van der Waals surface area contributed by atoms with Crippen molar-refractivity contribution in [1.82, 2.24) is 19.8 Å². The van der Waals surface area contributed by atoms with E-state index in [2.05, 4.69) is 43.5 Å². The Labute approximate surface area is 175 Å². The van der Waals surface area contributed by atoms with E-state index in [0.29, 0.717) is 17.2 Å². The number of nitrogens with one attached hydrogen (secondary N) is 2. The predicted molar refractivity (Wildman–Crippen MR) is 118 cm³/mol. The number of nitriles is 1. The molecule has 1 saturated heterocycles. The summed E-state index contributed by atoms with van der Waals surface area (Å²) in [5, 5.41) is 17.2. The van der Waals surface area contributed by atoms with Crippen LogP contribution in [0.15, 0.2) is 46.5 Å². The van der Waals surface area contributed by atoms with Gasteiger partial charge in [-0.05, 0) is 38.2 Å². The molecule has 2 aromatic rings. The number of thioether (sulfide) groups is 1. The van der Waals surface area contributed by atoms with E-state index in [-0.39, 0.29) is 0 Å². The Hall–Kier alpha value is -2.60. The van der Waals surface area contributed by atoms with Crippen molar-refractivity contribution >= 4 is 29.0 Å². The minimum atomic E-state index is 0.536. The SMILES string of the molecule is CN1CCN(CCCNc2nccc(/C(C#N)=C3\Nc4ccccc4S3)n2)CC1. The number of fused-ring (bicyclic) bond motifs is 1. The van der Waals surface area contributed by atoms with Crippen LogP contribution in [0.1, 0.15) is 12.1 Å². The van der Waals surface area contributed by atoms with Gasteiger partial charge in [0.25, 0.3) is 0 Å². The lowest BCUT2D eigenvalue weighted by Crippen LogP contribution is -2.44. The highest BCUT2D eigenvalue weighted by Gasteiger charge is 2.21. The molecule has 0 atom stereocenters. The van der Waals surface area contributed by atoms with E-state index >= 15 is 0 Å². The average molecular weight is 408 g/mol. The number of nitrogens with zero attached hydrogens (tertiary/aromatic N) is 5. The lowest BCUT2D eigenvalue weighted by molar-refractivity contribution is 0.154. The Morgan fingerprint density at radius 2 is 2.07 bits per heavy atom. The van der Waals surface area contributed by atoms with Gasteiger partial charge in [-0.2, -0.15) is 5.26 Å². The zero-order chi connectivity index (χ0) is 20.1. The lowest BCUT2D eigenvalue weighted by atomic mass is 10.2. The fourth-order valence-electron chi connectivity index (χ4n) is 3.41. The maximum atomic E-state index is 9.74. The molecule has 3 heterocycles. The second kappa shape index (κ2) is 9.27. The number of likely N-dealkylation sites (N-methyl/N-ethyl adjacent to an activating group) is 1. The number of rotatable bonds is 6. The summed E-state index contributed by atoms with van der Waals surface area (Å²) in [4.78, 5) is 14.9. The first-order valence-corrected chi connectivity index (χ1v) is 10.7. The summed E-state index contributed by atoms with van der Waals surface area (Å²) in [6.45, 7) is 6.43. The van der Waals surface area contributed by atoms with Crippen LogP contribution in [0.4, 0.5) is 11.6 Å². The molecule has 0 spiro atoms. The molecule has 7 nitrogen and oxygen atoms in total. The van der Waals surface area contributed by atoms with Crippen LogP contribution in [0.2, 0.25) is 0 Å². The van der Waals surface area contributed by atoms with Gasteiger partial charge in [-0.25, -0.2) is 9.97 Å². The van der Waals surface area contributed by atoms with Gasteiger partial charge in [0.05, 0.1) is 16.4 Å². The van der Waals surface area contributed by atoms with E-state index in [1.54, 1.807) is 24.0 Å². The maximum absolute atomic E-state index is 9.74. The second-order valence-corrected chi connectivity index (χ2v) is 8.28. The third-order valence-electron chi connectivity index (χ3n) is 5.13. The molecule has 150 valence electrons. The minimum absolute atomic E-state index is 0.536. The third kappa shape index (κ3) is 4.88. The van der Waals surface area contributed by atoms with E-state index in [1.807, 2.05) is 24.3 Å². The van der Waals surface area contributed by atoms with Gasteiger partial charge in [0.15, 0.2) is 0 Å². The largest absolute Gasteiger partial charge is 0.354 e. The fourth-order valence-corrected chi connectivity index (χ4v) is 4.42. The number of hydrogen-bond acceptors (Lipinski definition) is 8. The van der Waals surface area contributed by atoms with Gasteiger partial charge in [-0.3, -0.25) is 0 Å². The Morgan fingerprint density at radius 1 is 1.24 bits per heavy atom. The van der Waals surface area contributed by atoms with Gasteiger partial charge in [-0.1, -0.05) is 23.9 Å². The van der Waals surface area contributed by atoms with Crippen molar-refractivity contribution in [2.45, 2.75) is 11.3 Å². The van der Waals surface area contributed by atoms with Gasteiger partial charge in [0.1, 0.15) is 11.6 Å². The molecule has 0 saturated carbocycles. The maximum Gasteiger partial charge on any atom is 0.223 e. The summed E-state index contributed by atoms with van der Waals surface area (Å²) in [5.41, 5.74) is 2.19. The summed E-state index contributed by atoms with van der Waals surface area (Å²) in [7, 11) is 2.17. The van der Waals surface area contributed by atoms with Gasteiger partial charge < -0.3 is 20.4 Å². The Kier molecular flexibility index (Phi) is 6.30. The lowest BCUT2D eigenvalue weighted by Gasteiger charge is -2.32. The highest BCUT2D eigenvalue weighted by Crippen LogP contribution is 2.43. The molecule has 29 heavy (non-hydrogen) atoms. The molecular weight excluding hydrogens is 382 g/mol. The number of piperazine rings is 1. The Bertz CT molecular complexity index is 902. The molecule has 0 amide bonds. The van der Waals surface area contributed by atoms with Crippen LogP contribution in [0, 0.1) is 11.3 Å². The number of allylic oxidation sites excluding steroid dienone is 1. The van der Waals surface area contributed by atoms with Crippen molar-refractivity contribution in [3.05, 3.63) is 47.3 Å². The first-order valence-electron chi connectivity index (χ1n) is 9.89. The van der Waals surface area contributed by atoms with Crippen molar-refractivity contribution in [1.29, 1.82) is 5.26 Å². The van der Waals surface area contributed by atoms with E-state index < -0.39 is 0 Å². The molecule has 1 aromatic carbocycles. The van der Waals surface area contributed by atoms with Crippen molar-refractivity contribution in [2.75, 3.05) is 56.9 Å². The van der Waals surface area contributed by atoms with Crippen LogP contribution in [0.25, 0.3) is 5.57 Å². The molecule has 2 aliphatic heterocycles. The predicted octanol–water partition coefficient (Wildman–Crippen LogP) is 2.94. The molecule has 1 fully saturated rings. The van der Waals surface area contributed by atoms with E-state index in [0.717, 1.165) is 61.3 Å². The zero-order valence-corrected chi connectivity index (χ0v) is 17.4. The van der Waals surface area contributed by atoms with Gasteiger partial charge in [0.2, 0.25) is 5.95 Å². The number of benzene rings is 1. The van der Waals surface area contributed by atoms with E-state index in [4.69, 9.17) is 0 Å². The normalized spacial score (nSPS) is 18.6. The Balaban J connectivity index is 1.36. The topological polar surface area (TPSA) is 80.1 Å². The Morgan fingerprint density at radius 3 is 2.86 bits per heavy atom. The standard InChI is InChI=1S/C21H25N7S/c1-27-11-13-28(14-12-27)10-4-8-23-21-24-9-7-17(26-21)16(15-22)20-25-18-5-2-3-6-19(18)29-20/h2-3,5-7,9,25H,4,8,10-14H2,1H3,(H,23,24,26)/b20-16+. The highest BCUT2D eigenvalue weighted by atomic mass is 32.2. The molecule has 0 bridgehead atoms. The first-order chi connectivity index (χ1) is 14.2. The van der Waals surface area contributed by atoms with Crippen LogP contribution in [0.3, 0.4) is 0 Å². The van der Waals surface area contributed by atoms with Crippen LogP contribution in [0.5, 0.6) is 0 Å². The van der Waals surface area contributed by atoms with Crippen molar-refractivity contribution in [3.63, 3.8) is 0 Å². The summed E-state index contributed by atoms with van der Waals surface area (Å²) < 4.78 is 0. The zero-order valence-electron chi connectivity index (χ0n) is 16.6. The average Bonchev–Trinajstić information content (AvgIpc) is 3.17. The summed E-state index contributed by atoms with van der Waals surface area (Å²) >= 11 is 1.56. The van der Waals surface area contributed by atoms with Crippen LogP contribution in [-0.4, -0.2) is 66.1 Å². The number of hydrogen-bond donors (Lipinski definition) is 2. The van der Waals surface area contributed by atoms with Crippen LogP contribution < -0.4 is 10.6 Å². The quantitative estimate of drug-likeness (QED) is 0.559. The van der Waals surface area contributed by atoms with Crippen molar-refractivity contribution < 1.29 is 0 Å². The third-order valence-corrected chi connectivity index (χ3v) is 6.21. The van der Waals surface area contributed by atoms with E-state index in [1.165, 1.54) is 0 Å². The molecule has 8 heteroatoms. The molecule has 1 aromatic heterocycles. The monoisotopic (exact) mass is 407 g/mol. The molecule has 2 aliphatic rings. The van der Waals surface area contributed by atoms with Gasteiger partial charge in [-0.15, -0.1) is 0 Å². The number of anilines is 2. The molecule has 0 unspecified atom stereocenters. The molecule has 4 rings (SSSR count). The van der Waals surface area contributed by atoms with Crippen molar-refractivity contribution in [2.24, 2.45) is 0 Å². The van der Waals surface area contributed by atoms with Crippen molar-refractivity contribution in [3.8, 4) is 6.07 Å². The summed E-state index contributed by atoms with van der Waals surface area (Å²) in [6.07, 6.45) is 2.74. The first kappa shape index (κ1) is 19.7. The molecule has 0 radical (unpaired) electrons. The summed E-state index contributed by atoms with van der Waals surface area (Å²) in [6, 6.07) is 12.1. The van der Waals surface area contributed by atoms with Gasteiger partial charge in [0, 0.05) is 43.8 Å². The fraction of sp³-hybridized carbons (Fsp3) is 0.381. The number of aromatic nitrogens is 2.